The van der Waals surface area contributed by atoms with Crippen molar-refractivity contribution in [2.24, 2.45) is 5.73 Å². The predicted molar refractivity (Wildman–Crippen MR) is 85.4 cm³/mol. The first-order chi connectivity index (χ1) is 11.2. The molecule has 1 atom stereocenters. The van der Waals surface area contributed by atoms with Gasteiger partial charge in [0.05, 0.1) is 6.10 Å². The Labute approximate surface area is 133 Å². The molecule has 0 saturated heterocycles. The number of aliphatic hydroxyl groups is 1. The number of aliphatic hydroxyl groups excluding tert-OH is 1. The summed E-state index contributed by atoms with van der Waals surface area (Å²) < 4.78 is 11.3. The summed E-state index contributed by atoms with van der Waals surface area (Å²) in [5.41, 5.74) is 7.49. The molecule has 6 heteroatoms. The Hall–Kier alpha value is -2.57. The maximum absolute atomic E-state index is 11.6. The summed E-state index contributed by atoms with van der Waals surface area (Å²) in [7, 11) is 0. The number of amides is 1. The first-order valence-corrected chi connectivity index (χ1v) is 7.33. The Bertz CT molecular complexity index is 703. The van der Waals surface area contributed by atoms with E-state index in [1.807, 2.05) is 30.3 Å². The van der Waals surface area contributed by atoms with Crippen molar-refractivity contribution in [3.05, 3.63) is 53.6 Å². The summed E-state index contributed by atoms with van der Waals surface area (Å²) in [6.45, 7) is 0.329. The molecule has 0 saturated carbocycles. The predicted octanol–water partition coefficient (Wildman–Crippen LogP) is 1.59. The van der Waals surface area contributed by atoms with Crippen molar-refractivity contribution in [1.82, 2.24) is 0 Å². The van der Waals surface area contributed by atoms with E-state index >= 15 is 0 Å². The highest BCUT2D eigenvalue weighted by Gasteiger charge is 2.25. The van der Waals surface area contributed by atoms with E-state index in [4.69, 9.17) is 15.2 Å². The second-order valence-electron chi connectivity index (χ2n) is 5.22. The van der Waals surface area contributed by atoms with E-state index in [0.29, 0.717) is 29.4 Å². The molecule has 1 amide bonds. The van der Waals surface area contributed by atoms with E-state index in [1.165, 1.54) is 0 Å². The minimum absolute atomic E-state index is 0.0635. The van der Waals surface area contributed by atoms with Crippen LogP contribution in [0.15, 0.2) is 42.5 Å². The fourth-order valence-corrected chi connectivity index (χ4v) is 2.41. The summed E-state index contributed by atoms with van der Waals surface area (Å²) >= 11 is 0. The molecule has 0 radical (unpaired) electrons. The monoisotopic (exact) mass is 314 g/mol. The molecule has 1 aliphatic rings. The number of hydrogen-bond acceptors (Lipinski definition) is 5. The Morgan fingerprint density at radius 2 is 2.04 bits per heavy atom. The van der Waals surface area contributed by atoms with Gasteiger partial charge in [0.25, 0.3) is 5.91 Å². The van der Waals surface area contributed by atoms with Crippen LogP contribution in [0, 0.1) is 0 Å². The third-order valence-corrected chi connectivity index (χ3v) is 3.58. The number of benzene rings is 2. The lowest BCUT2D eigenvalue weighted by Crippen LogP contribution is -2.27. The number of ether oxygens (including phenoxy) is 2. The van der Waals surface area contributed by atoms with Gasteiger partial charge in [0.2, 0.25) is 0 Å². The van der Waals surface area contributed by atoms with Crippen LogP contribution in [0.25, 0.3) is 0 Å². The van der Waals surface area contributed by atoms with E-state index in [1.54, 1.807) is 12.1 Å². The number of carbonyl (C=O) groups excluding carboxylic acids is 1. The molecule has 0 spiro atoms. The van der Waals surface area contributed by atoms with Gasteiger partial charge >= 0.3 is 0 Å². The van der Waals surface area contributed by atoms with Gasteiger partial charge in [0.1, 0.15) is 18.0 Å². The van der Waals surface area contributed by atoms with Gasteiger partial charge in [-0.1, -0.05) is 30.3 Å². The minimum atomic E-state index is -0.859. The number of fused-ring (bicyclic) bond motifs is 1. The summed E-state index contributed by atoms with van der Waals surface area (Å²) in [4.78, 5) is 11.6. The fraction of sp³-hybridized carbons (Fsp3) is 0.235. The number of hydrogen-bond donors (Lipinski definition) is 3. The van der Waals surface area contributed by atoms with Crippen LogP contribution in [-0.4, -0.2) is 24.2 Å². The summed E-state index contributed by atoms with van der Waals surface area (Å²) in [5.74, 6) is 0.638. The van der Waals surface area contributed by atoms with E-state index in [2.05, 4.69) is 5.32 Å². The highest BCUT2D eigenvalue weighted by Crippen LogP contribution is 2.42. The third-order valence-electron chi connectivity index (χ3n) is 3.58. The highest BCUT2D eigenvalue weighted by molar-refractivity contribution is 5.97. The lowest BCUT2D eigenvalue weighted by molar-refractivity contribution is -0.118. The van der Waals surface area contributed by atoms with Crippen LogP contribution < -0.4 is 20.5 Å². The first kappa shape index (κ1) is 15.3. The molecule has 0 aliphatic carbocycles. The van der Waals surface area contributed by atoms with Gasteiger partial charge in [-0.15, -0.1) is 0 Å². The molecule has 1 unspecified atom stereocenters. The Kier molecular flexibility index (Phi) is 4.45. The zero-order chi connectivity index (χ0) is 16.2. The zero-order valence-electron chi connectivity index (χ0n) is 12.5. The highest BCUT2D eigenvalue weighted by atomic mass is 16.5. The van der Waals surface area contributed by atoms with E-state index in [-0.39, 0.29) is 19.1 Å². The van der Waals surface area contributed by atoms with Crippen LogP contribution in [0.3, 0.4) is 0 Å². The van der Waals surface area contributed by atoms with Crippen molar-refractivity contribution in [2.45, 2.75) is 12.7 Å². The standard InChI is InChI=1S/C17H18N2O4/c18-8-13(20)12-6-7-14(16-17(12)23-10-15(21)19-16)22-9-11-4-2-1-3-5-11/h1-7,13,20H,8-10,18H2,(H,19,21). The van der Waals surface area contributed by atoms with E-state index in [9.17, 15) is 9.90 Å². The molecule has 2 aromatic carbocycles. The first-order valence-electron chi connectivity index (χ1n) is 7.33. The molecule has 1 aliphatic heterocycles. The van der Waals surface area contributed by atoms with Crippen LogP contribution >= 0.6 is 0 Å². The number of nitrogens with one attached hydrogen (secondary N) is 1. The largest absolute Gasteiger partial charge is 0.487 e. The smallest absolute Gasteiger partial charge is 0.262 e. The fourth-order valence-electron chi connectivity index (χ4n) is 2.41. The second-order valence-corrected chi connectivity index (χ2v) is 5.22. The minimum Gasteiger partial charge on any atom is -0.487 e. The topological polar surface area (TPSA) is 93.8 Å². The van der Waals surface area contributed by atoms with Gasteiger partial charge in [-0.25, -0.2) is 0 Å². The van der Waals surface area contributed by atoms with Crippen LogP contribution in [-0.2, 0) is 11.4 Å². The molecule has 0 bridgehead atoms. The van der Waals surface area contributed by atoms with Gasteiger partial charge < -0.3 is 25.6 Å². The quantitative estimate of drug-likeness (QED) is 0.779. The van der Waals surface area contributed by atoms with Gasteiger partial charge in [0, 0.05) is 12.1 Å². The molecule has 2 aromatic rings. The molecule has 23 heavy (non-hydrogen) atoms. The van der Waals surface area contributed by atoms with Crippen LogP contribution in [0.2, 0.25) is 0 Å². The van der Waals surface area contributed by atoms with Gasteiger partial charge in [0.15, 0.2) is 12.4 Å². The maximum Gasteiger partial charge on any atom is 0.262 e. The lowest BCUT2D eigenvalue weighted by atomic mass is 10.1. The van der Waals surface area contributed by atoms with Gasteiger partial charge in [-0.2, -0.15) is 0 Å². The summed E-state index contributed by atoms with van der Waals surface area (Å²) in [6, 6.07) is 13.1. The molecule has 0 fully saturated rings. The number of anilines is 1. The molecule has 120 valence electrons. The summed E-state index contributed by atoms with van der Waals surface area (Å²) in [5, 5.41) is 12.7. The molecule has 1 heterocycles. The molecule has 0 aromatic heterocycles. The van der Waals surface area contributed by atoms with Gasteiger partial charge in [-0.3, -0.25) is 4.79 Å². The van der Waals surface area contributed by atoms with Crippen LogP contribution in [0.5, 0.6) is 11.5 Å². The van der Waals surface area contributed by atoms with Crippen molar-refractivity contribution >= 4 is 11.6 Å². The third kappa shape index (κ3) is 3.28. The molecule has 4 N–H and O–H groups in total. The molecule has 6 nitrogen and oxygen atoms in total. The average molecular weight is 314 g/mol. The molecule has 3 rings (SSSR count). The second kappa shape index (κ2) is 6.68. The Morgan fingerprint density at radius 3 is 2.78 bits per heavy atom. The van der Waals surface area contributed by atoms with Crippen molar-refractivity contribution < 1.29 is 19.4 Å². The van der Waals surface area contributed by atoms with Gasteiger partial charge in [-0.05, 0) is 17.7 Å². The SMILES string of the molecule is NCC(O)c1ccc(OCc2ccccc2)c2c1OCC(=O)N2. The van der Waals surface area contributed by atoms with E-state index in [0.717, 1.165) is 5.56 Å². The number of rotatable bonds is 5. The zero-order valence-corrected chi connectivity index (χ0v) is 12.5. The van der Waals surface area contributed by atoms with Crippen molar-refractivity contribution in [1.29, 1.82) is 0 Å². The average Bonchev–Trinajstić information content (AvgIpc) is 2.59. The van der Waals surface area contributed by atoms with Crippen molar-refractivity contribution in [3.63, 3.8) is 0 Å². The number of nitrogens with two attached hydrogens (primary N) is 1. The number of carbonyl (C=O) groups is 1. The Balaban J connectivity index is 1.90. The van der Waals surface area contributed by atoms with Crippen LogP contribution in [0.1, 0.15) is 17.2 Å². The van der Waals surface area contributed by atoms with Crippen LogP contribution in [0.4, 0.5) is 5.69 Å². The summed E-state index contributed by atoms with van der Waals surface area (Å²) in [6.07, 6.45) is -0.859. The van der Waals surface area contributed by atoms with E-state index < -0.39 is 6.10 Å². The Morgan fingerprint density at radius 1 is 1.26 bits per heavy atom. The van der Waals surface area contributed by atoms with Crippen molar-refractivity contribution in [2.75, 3.05) is 18.5 Å². The molecular weight excluding hydrogens is 296 g/mol. The van der Waals surface area contributed by atoms with Crippen molar-refractivity contribution in [3.8, 4) is 11.5 Å². The molecular formula is C17H18N2O4. The lowest BCUT2D eigenvalue weighted by Gasteiger charge is -2.24. The normalized spacial score (nSPS) is 14.4. The maximum atomic E-state index is 11.6.